The Hall–Kier alpha value is -2.75. The Bertz CT molecular complexity index is 840. The summed E-state index contributed by atoms with van der Waals surface area (Å²) in [6, 6.07) is 9.20. The molecular formula is C15H11F3N2O4S. The highest BCUT2D eigenvalue weighted by molar-refractivity contribution is 7.86. The highest BCUT2D eigenvalue weighted by Gasteiger charge is 2.30. The first kappa shape index (κ1) is 18.6. The van der Waals surface area contributed by atoms with E-state index in [-0.39, 0.29) is 10.6 Å². The van der Waals surface area contributed by atoms with Crippen molar-refractivity contribution in [2.24, 2.45) is 0 Å². The number of amides is 1. The maximum absolute atomic E-state index is 12.6. The van der Waals surface area contributed by atoms with Crippen LogP contribution in [-0.4, -0.2) is 20.8 Å². The molecule has 1 amide bonds. The largest absolute Gasteiger partial charge is 0.416 e. The first-order chi connectivity index (χ1) is 11.7. The van der Waals surface area contributed by atoms with Gasteiger partial charge in [0.1, 0.15) is 10.6 Å². The molecule has 1 N–H and O–H groups in total. The third-order valence-corrected chi connectivity index (χ3v) is 4.40. The summed E-state index contributed by atoms with van der Waals surface area (Å²) in [6.45, 7) is 0. The lowest BCUT2D eigenvalue weighted by molar-refractivity contribution is -0.387. The van der Waals surface area contributed by atoms with E-state index in [0.717, 1.165) is 24.3 Å². The molecule has 0 saturated carbocycles. The third kappa shape index (κ3) is 4.86. The van der Waals surface area contributed by atoms with Crippen molar-refractivity contribution in [3.63, 3.8) is 0 Å². The predicted octanol–water partition coefficient (Wildman–Crippen LogP) is 3.36. The molecule has 0 heterocycles. The van der Waals surface area contributed by atoms with Gasteiger partial charge in [-0.3, -0.25) is 19.1 Å². The fourth-order valence-corrected chi connectivity index (χ4v) is 3.04. The van der Waals surface area contributed by atoms with Crippen LogP contribution in [0.4, 0.5) is 24.5 Å². The van der Waals surface area contributed by atoms with Crippen molar-refractivity contribution >= 4 is 28.1 Å². The van der Waals surface area contributed by atoms with Crippen molar-refractivity contribution in [1.29, 1.82) is 0 Å². The van der Waals surface area contributed by atoms with E-state index in [1.807, 2.05) is 0 Å². The summed E-state index contributed by atoms with van der Waals surface area (Å²) in [5, 5.41) is 13.1. The molecule has 6 nitrogen and oxygen atoms in total. The van der Waals surface area contributed by atoms with Crippen LogP contribution < -0.4 is 5.32 Å². The first-order valence-electron chi connectivity index (χ1n) is 6.77. The second-order valence-electron chi connectivity index (χ2n) is 4.84. The molecule has 0 spiro atoms. The SMILES string of the molecule is O=C(CS(=O)c1ccccc1[N+](=O)[O-])Nc1cccc(C(F)(F)F)c1. The van der Waals surface area contributed by atoms with Gasteiger partial charge in [0.05, 0.1) is 21.3 Å². The average molecular weight is 372 g/mol. The highest BCUT2D eigenvalue weighted by Crippen LogP contribution is 2.30. The van der Waals surface area contributed by atoms with Crippen molar-refractivity contribution in [1.82, 2.24) is 0 Å². The molecule has 2 rings (SSSR count). The number of rotatable bonds is 5. The van der Waals surface area contributed by atoms with Crippen LogP contribution in [0.2, 0.25) is 0 Å². The van der Waals surface area contributed by atoms with E-state index in [9.17, 15) is 32.3 Å². The number of hydrogen-bond acceptors (Lipinski definition) is 4. The number of alkyl halides is 3. The summed E-state index contributed by atoms with van der Waals surface area (Å²) in [5.74, 6) is -1.45. The summed E-state index contributed by atoms with van der Waals surface area (Å²) in [7, 11) is -2.02. The molecule has 132 valence electrons. The second kappa shape index (κ2) is 7.43. The molecule has 0 aliphatic heterocycles. The minimum absolute atomic E-state index is 0.112. The monoisotopic (exact) mass is 372 g/mol. The summed E-state index contributed by atoms with van der Waals surface area (Å²) >= 11 is 0. The summed E-state index contributed by atoms with van der Waals surface area (Å²) in [5.41, 5.74) is -1.45. The molecule has 0 fully saturated rings. The number of halogens is 3. The van der Waals surface area contributed by atoms with Gasteiger partial charge in [-0.05, 0) is 24.3 Å². The number of carbonyl (C=O) groups excluding carboxylic acids is 1. The van der Waals surface area contributed by atoms with E-state index in [4.69, 9.17) is 0 Å². The topological polar surface area (TPSA) is 89.3 Å². The van der Waals surface area contributed by atoms with Gasteiger partial charge in [0.15, 0.2) is 0 Å². The zero-order valence-corrected chi connectivity index (χ0v) is 13.3. The number of nitrogens with zero attached hydrogens (tertiary/aromatic N) is 1. The quantitative estimate of drug-likeness (QED) is 0.644. The van der Waals surface area contributed by atoms with Gasteiger partial charge in [0, 0.05) is 11.8 Å². The molecule has 0 radical (unpaired) electrons. The van der Waals surface area contributed by atoms with Crippen LogP contribution >= 0.6 is 0 Å². The Labute approximate surface area is 142 Å². The van der Waals surface area contributed by atoms with Crippen LogP contribution in [0, 0.1) is 10.1 Å². The Morgan fingerprint density at radius 3 is 2.48 bits per heavy atom. The number of para-hydroxylation sites is 1. The molecule has 25 heavy (non-hydrogen) atoms. The van der Waals surface area contributed by atoms with Crippen LogP contribution in [0.5, 0.6) is 0 Å². The number of nitro groups is 1. The standard InChI is InChI=1S/C15H11F3N2O4S/c16-15(17,18)10-4-3-5-11(8-10)19-14(21)9-25(24)13-7-2-1-6-12(13)20(22)23/h1-8H,9H2,(H,19,21). The van der Waals surface area contributed by atoms with Gasteiger partial charge in [-0.2, -0.15) is 13.2 Å². The maximum Gasteiger partial charge on any atom is 0.416 e. The zero-order valence-electron chi connectivity index (χ0n) is 12.4. The molecule has 2 aromatic rings. The molecule has 1 atom stereocenters. The van der Waals surface area contributed by atoms with Gasteiger partial charge in [0.2, 0.25) is 5.91 Å². The van der Waals surface area contributed by atoms with Crippen LogP contribution in [0.1, 0.15) is 5.56 Å². The summed E-state index contributed by atoms with van der Waals surface area (Å²) in [6.07, 6.45) is -4.56. The van der Waals surface area contributed by atoms with Crippen LogP contribution in [0.3, 0.4) is 0 Å². The van der Waals surface area contributed by atoms with E-state index >= 15 is 0 Å². The van der Waals surface area contributed by atoms with E-state index in [2.05, 4.69) is 5.32 Å². The van der Waals surface area contributed by atoms with E-state index in [1.165, 1.54) is 24.3 Å². The Kier molecular flexibility index (Phi) is 5.52. The maximum atomic E-state index is 12.6. The first-order valence-corrected chi connectivity index (χ1v) is 8.09. The molecule has 0 aromatic heterocycles. The average Bonchev–Trinajstić information content (AvgIpc) is 2.54. The number of anilines is 1. The molecule has 0 saturated heterocycles. The molecular weight excluding hydrogens is 361 g/mol. The van der Waals surface area contributed by atoms with E-state index < -0.39 is 44.8 Å². The van der Waals surface area contributed by atoms with Gasteiger partial charge >= 0.3 is 6.18 Å². The number of carbonyl (C=O) groups is 1. The molecule has 1 unspecified atom stereocenters. The smallest absolute Gasteiger partial charge is 0.325 e. The normalized spacial score (nSPS) is 12.4. The fourth-order valence-electron chi connectivity index (χ4n) is 1.97. The fraction of sp³-hybridized carbons (Fsp3) is 0.133. The van der Waals surface area contributed by atoms with Crippen molar-refractivity contribution in [3.8, 4) is 0 Å². The molecule has 2 aromatic carbocycles. The van der Waals surface area contributed by atoms with Crippen LogP contribution in [0.25, 0.3) is 0 Å². The van der Waals surface area contributed by atoms with Gasteiger partial charge in [-0.25, -0.2) is 0 Å². The molecule has 10 heteroatoms. The second-order valence-corrected chi connectivity index (χ2v) is 6.26. The number of nitro benzene ring substituents is 1. The molecule has 0 aliphatic carbocycles. The highest BCUT2D eigenvalue weighted by atomic mass is 32.2. The molecule has 0 aliphatic rings. The predicted molar refractivity (Wildman–Crippen MR) is 84.4 cm³/mol. The minimum Gasteiger partial charge on any atom is -0.325 e. The number of benzene rings is 2. The van der Waals surface area contributed by atoms with Gasteiger partial charge in [-0.1, -0.05) is 18.2 Å². The Morgan fingerprint density at radius 1 is 1.16 bits per heavy atom. The minimum atomic E-state index is -4.56. The lowest BCUT2D eigenvalue weighted by Crippen LogP contribution is -2.20. The summed E-state index contributed by atoms with van der Waals surface area (Å²) < 4.78 is 50.1. The van der Waals surface area contributed by atoms with E-state index in [1.54, 1.807) is 0 Å². The van der Waals surface area contributed by atoms with Crippen molar-refractivity contribution in [2.75, 3.05) is 11.1 Å². The van der Waals surface area contributed by atoms with Crippen LogP contribution in [0.15, 0.2) is 53.4 Å². The summed E-state index contributed by atoms with van der Waals surface area (Å²) in [4.78, 5) is 21.9. The Morgan fingerprint density at radius 2 is 1.84 bits per heavy atom. The van der Waals surface area contributed by atoms with Crippen molar-refractivity contribution in [2.45, 2.75) is 11.1 Å². The zero-order chi connectivity index (χ0) is 18.6. The van der Waals surface area contributed by atoms with Gasteiger partial charge in [-0.15, -0.1) is 0 Å². The Balaban J connectivity index is 2.11. The molecule has 0 bridgehead atoms. The number of hydrogen-bond donors (Lipinski definition) is 1. The van der Waals surface area contributed by atoms with Gasteiger partial charge < -0.3 is 5.32 Å². The lowest BCUT2D eigenvalue weighted by atomic mass is 10.2. The number of nitrogens with one attached hydrogen (secondary N) is 1. The van der Waals surface area contributed by atoms with E-state index in [0.29, 0.717) is 0 Å². The van der Waals surface area contributed by atoms with Gasteiger partial charge in [0.25, 0.3) is 5.69 Å². The van der Waals surface area contributed by atoms with Crippen molar-refractivity contribution in [3.05, 3.63) is 64.2 Å². The van der Waals surface area contributed by atoms with Crippen LogP contribution in [-0.2, 0) is 21.8 Å². The van der Waals surface area contributed by atoms with Crippen molar-refractivity contribution < 1.29 is 27.1 Å². The lowest BCUT2D eigenvalue weighted by Gasteiger charge is -2.10. The third-order valence-electron chi connectivity index (χ3n) is 3.04.